The Morgan fingerprint density at radius 3 is 2.62 bits per heavy atom. The van der Waals surface area contributed by atoms with Gasteiger partial charge in [0.25, 0.3) is 5.69 Å². The zero-order chi connectivity index (χ0) is 18.9. The van der Waals surface area contributed by atoms with E-state index >= 15 is 0 Å². The Hall–Kier alpha value is -2.64. The van der Waals surface area contributed by atoms with Gasteiger partial charge in [0.1, 0.15) is 0 Å². The van der Waals surface area contributed by atoms with Crippen LogP contribution in [-0.4, -0.2) is 31.3 Å². The van der Waals surface area contributed by atoms with Crippen molar-refractivity contribution in [1.82, 2.24) is 5.43 Å². The van der Waals surface area contributed by atoms with Crippen molar-refractivity contribution < 1.29 is 19.2 Å². The number of methoxy groups -OCH3 is 2. The summed E-state index contributed by atoms with van der Waals surface area (Å²) in [4.78, 5) is 23.2. The van der Waals surface area contributed by atoms with Gasteiger partial charge in [0.05, 0.1) is 37.0 Å². The van der Waals surface area contributed by atoms with E-state index in [4.69, 9.17) is 9.47 Å². The van der Waals surface area contributed by atoms with Crippen LogP contribution >= 0.6 is 0 Å². The van der Waals surface area contributed by atoms with Crippen LogP contribution in [-0.2, 0) is 4.79 Å². The van der Waals surface area contributed by atoms with E-state index in [0.717, 1.165) is 19.3 Å². The molecule has 0 aromatic heterocycles. The van der Waals surface area contributed by atoms with Crippen molar-refractivity contribution in [2.24, 2.45) is 22.4 Å². The van der Waals surface area contributed by atoms with E-state index < -0.39 is 4.92 Å². The summed E-state index contributed by atoms with van der Waals surface area (Å²) in [7, 11) is 2.85. The number of carbonyl (C=O) groups is 1. The third kappa shape index (κ3) is 3.11. The molecule has 0 spiro atoms. The Kier molecular flexibility index (Phi) is 4.84. The smallest absolute Gasteiger partial charge is 0.282 e. The fourth-order valence-corrected chi connectivity index (χ4v) is 4.23. The predicted molar refractivity (Wildman–Crippen MR) is 95.5 cm³/mol. The van der Waals surface area contributed by atoms with E-state index in [0.29, 0.717) is 11.7 Å². The Bertz CT molecular complexity index is 763. The summed E-state index contributed by atoms with van der Waals surface area (Å²) < 4.78 is 10.3. The van der Waals surface area contributed by atoms with E-state index in [-0.39, 0.29) is 34.2 Å². The van der Waals surface area contributed by atoms with Gasteiger partial charge in [-0.3, -0.25) is 14.9 Å². The number of benzene rings is 1. The van der Waals surface area contributed by atoms with Crippen LogP contribution in [0.5, 0.6) is 11.5 Å². The highest BCUT2D eigenvalue weighted by atomic mass is 16.6. The minimum Gasteiger partial charge on any atom is -0.493 e. The van der Waals surface area contributed by atoms with Crippen molar-refractivity contribution in [3.63, 3.8) is 0 Å². The molecule has 1 aromatic rings. The van der Waals surface area contributed by atoms with Crippen molar-refractivity contribution in [1.29, 1.82) is 0 Å². The monoisotopic (exact) mass is 361 g/mol. The quantitative estimate of drug-likeness (QED) is 0.477. The summed E-state index contributed by atoms with van der Waals surface area (Å²) in [6, 6.07) is 2.74. The van der Waals surface area contributed by atoms with Crippen molar-refractivity contribution in [2.75, 3.05) is 14.2 Å². The summed E-state index contributed by atoms with van der Waals surface area (Å²) >= 11 is 0. The first-order chi connectivity index (χ1) is 12.4. The molecular formula is C18H23N3O5. The Morgan fingerprint density at radius 1 is 1.35 bits per heavy atom. The second-order valence-electron chi connectivity index (χ2n) is 7.09. The molecule has 2 fully saturated rings. The third-order valence-electron chi connectivity index (χ3n) is 5.72. The van der Waals surface area contributed by atoms with Gasteiger partial charge < -0.3 is 9.47 Å². The van der Waals surface area contributed by atoms with Gasteiger partial charge in [0, 0.05) is 5.92 Å². The number of ether oxygens (including phenoxy) is 2. The molecule has 1 aromatic carbocycles. The second-order valence-corrected chi connectivity index (χ2v) is 7.09. The number of nitro benzene ring substituents is 1. The fourth-order valence-electron chi connectivity index (χ4n) is 4.23. The molecule has 2 aliphatic carbocycles. The van der Waals surface area contributed by atoms with Crippen LogP contribution in [0.3, 0.4) is 0 Å². The molecular weight excluding hydrogens is 338 g/mol. The lowest BCUT2D eigenvalue weighted by Gasteiger charge is -2.15. The predicted octanol–water partition coefficient (Wildman–Crippen LogP) is 2.89. The first kappa shape index (κ1) is 18.2. The number of hydrazone groups is 1. The molecule has 0 saturated heterocycles. The van der Waals surface area contributed by atoms with Crippen molar-refractivity contribution in [3.05, 3.63) is 27.8 Å². The average Bonchev–Trinajstić information content (AvgIpc) is 3.26. The van der Waals surface area contributed by atoms with Gasteiger partial charge in [-0.25, -0.2) is 5.43 Å². The fraction of sp³-hybridized carbons (Fsp3) is 0.556. The average molecular weight is 361 g/mol. The molecule has 0 heterocycles. The Labute approximate surface area is 151 Å². The largest absolute Gasteiger partial charge is 0.493 e. The molecule has 0 aliphatic heterocycles. The standard InChI is InChI=1S/C18H23N3O5/c1-18-7-5-4-6-12(18)16(18)17(22)20-19-10-11-8-14(25-2)15(26-3)9-13(11)21(23)24/h8-10,12,16H,4-7H2,1-3H3,(H,20,22)/b19-10-/t12-,16+,18-/m0/s1. The number of fused-ring (bicyclic) bond motifs is 1. The lowest BCUT2D eigenvalue weighted by Crippen LogP contribution is -2.22. The van der Waals surface area contributed by atoms with Gasteiger partial charge in [-0.05, 0) is 30.2 Å². The van der Waals surface area contributed by atoms with E-state index in [1.165, 1.54) is 39.0 Å². The van der Waals surface area contributed by atoms with Gasteiger partial charge in [-0.15, -0.1) is 0 Å². The van der Waals surface area contributed by atoms with E-state index in [1.54, 1.807) is 0 Å². The summed E-state index contributed by atoms with van der Waals surface area (Å²) in [5.41, 5.74) is 2.69. The molecule has 8 nitrogen and oxygen atoms in total. The summed E-state index contributed by atoms with van der Waals surface area (Å²) in [6.45, 7) is 2.16. The van der Waals surface area contributed by atoms with Gasteiger partial charge in [-0.1, -0.05) is 19.8 Å². The normalized spacial score (nSPS) is 26.9. The topological polar surface area (TPSA) is 103 Å². The molecule has 8 heteroatoms. The van der Waals surface area contributed by atoms with E-state index in [2.05, 4.69) is 17.5 Å². The first-order valence-corrected chi connectivity index (χ1v) is 8.65. The van der Waals surface area contributed by atoms with E-state index in [1.807, 2.05) is 0 Å². The van der Waals surface area contributed by atoms with Crippen LogP contribution in [0.25, 0.3) is 0 Å². The lowest BCUT2D eigenvalue weighted by atomic mass is 9.90. The Morgan fingerprint density at radius 2 is 2.04 bits per heavy atom. The van der Waals surface area contributed by atoms with Crippen molar-refractivity contribution in [3.8, 4) is 11.5 Å². The van der Waals surface area contributed by atoms with E-state index in [9.17, 15) is 14.9 Å². The molecule has 1 amide bonds. The number of carbonyl (C=O) groups excluding carboxylic acids is 1. The molecule has 26 heavy (non-hydrogen) atoms. The number of nitrogens with one attached hydrogen (secondary N) is 1. The molecule has 140 valence electrons. The maximum absolute atomic E-state index is 12.4. The van der Waals surface area contributed by atoms with Crippen LogP contribution in [0.15, 0.2) is 17.2 Å². The van der Waals surface area contributed by atoms with Gasteiger partial charge in [-0.2, -0.15) is 5.10 Å². The van der Waals surface area contributed by atoms with Crippen LogP contribution in [0.2, 0.25) is 0 Å². The maximum atomic E-state index is 12.4. The highest BCUT2D eigenvalue weighted by Gasteiger charge is 2.64. The molecule has 0 bridgehead atoms. The molecule has 3 rings (SSSR count). The molecule has 1 N–H and O–H groups in total. The van der Waals surface area contributed by atoms with Crippen molar-refractivity contribution >= 4 is 17.8 Å². The molecule has 2 aliphatic rings. The number of nitrogens with zero attached hydrogens (tertiary/aromatic N) is 2. The minimum atomic E-state index is -0.526. The molecule has 0 radical (unpaired) electrons. The summed E-state index contributed by atoms with van der Waals surface area (Å²) in [6.07, 6.45) is 5.76. The number of nitro groups is 1. The molecule has 3 atom stereocenters. The zero-order valence-electron chi connectivity index (χ0n) is 15.2. The highest BCUT2D eigenvalue weighted by Crippen LogP contribution is 2.66. The highest BCUT2D eigenvalue weighted by molar-refractivity contribution is 5.89. The SMILES string of the molecule is COc1cc(/C=N\NC(=O)[C@H]2[C@@H]3CCCC[C@@]32C)c([N+](=O)[O-])cc1OC. The van der Waals surface area contributed by atoms with Gasteiger partial charge >= 0.3 is 0 Å². The third-order valence-corrected chi connectivity index (χ3v) is 5.72. The van der Waals surface area contributed by atoms with Crippen LogP contribution in [0.4, 0.5) is 5.69 Å². The maximum Gasteiger partial charge on any atom is 0.282 e. The van der Waals surface area contributed by atoms with Crippen LogP contribution < -0.4 is 14.9 Å². The first-order valence-electron chi connectivity index (χ1n) is 8.65. The number of hydrogen-bond acceptors (Lipinski definition) is 6. The molecule has 0 unspecified atom stereocenters. The summed E-state index contributed by atoms with van der Waals surface area (Å²) in [5, 5.41) is 15.2. The number of amides is 1. The number of rotatable bonds is 6. The second kappa shape index (κ2) is 6.93. The van der Waals surface area contributed by atoms with Crippen LogP contribution in [0, 0.1) is 27.4 Å². The summed E-state index contributed by atoms with van der Waals surface area (Å²) in [5.74, 6) is 0.921. The van der Waals surface area contributed by atoms with Crippen molar-refractivity contribution in [2.45, 2.75) is 32.6 Å². The zero-order valence-corrected chi connectivity index (χ0v) is 15.2. The lowest BCUT2D eigenvalue weighted by molar-refractivity contribution is -0.385. The Balaban J connectivity index is 1.74. The van der Waals surface area contributed by atoms with Gasteiger partial charge in [0.15, 0.2) is 11.5 Å². The minimum absolute atomic E-state index is 0.0115. The van der Waals surface area contributed by atoms with Gasteiger partial charge in [0.2, 0.25) is 5.91 Å². The number of hydrogen-bond donors (Lipinski definition) is 1. The molecule has 2 saturated carbocycles. The van der Waals surface area contributed by atoms with Crippen LogP contribution in [0.1, 0.15) is 38.2 Å².